The lowest BCUT2D eigenvalue weighted by atomic mass is 10.1. The van der Waals surface area contributed by atoms with Crippen molar-refractivity contribution < 1.29 is 9.59 Å². The number of anilines is 1. The van der Waals surface area contributed by atoms with Crippen molar-refractivity contribution >= 4 is 33.4 Å². The molecule has 1 aliphatic heterocycles. The van der Waals surface area contributed by atoms with E-state index in [0.717, 1.165) is 10.0 Å². The average molecular weight is 326 g/mol. The topological polar surface area (TPSA) is 66.6 Å². The Morgan fingerprint density at radius 1 is 1.53 bits per heavy atom. The summed E-state index contributed by atoms with van der Waals surface area (Å²) in [6.07, 6.45) is 0. The lowest BCUT2D eigenvalue weighted by Gasteiger charge is -2.21. The van der Waals surface area contributed by atoms with Gasteiger partial charge in [0.25, 0.3) is 0 Å². The Morgan fingerprint density at radius 3 is 2.84 bits per heavy atom. The van der Waals surface area contributed by atoms with E-state index >= 15 is 0 Å². The second-order valence-electron chi connectivity index (χ2n) is 4.48. The molecule has 1 aliphatic rings. The number of hydrogen-bond acceptors (Lipinski definition) is 3. The zero-order chi connectivity index (χ0) is 14.2. The van der Waals surface area contributed by atoms with E-state index in [0.29, 0.717) is 12.2 Å². The maximum atomic E-state index is 12.2. The Kier molecular flexibility index (Phi) is 3.91. The van der Waals surface area contributed by atoms with Crippen molar-refractivity contribution in [2.24, 2.45) is 5.73 Å². The van der Waals surface area contributed by atoms with Gasteiger partial charge in [-0.05, 0) is 19.1 Å². The van der Waals surface area contributed by atoms with Crippen molar-refractivity contribution in [2.45, 2.75) is 13.0 Å². The minimum atomic E-state index is -0.703. The lowest BCUT2D eigenvalue weighted by Crippen LogP contribution is -2.41. The third kappa shape index (κ3) is 2.37. The van der Waals surface area contributed by atoms with Gasteiger partial charge in [-0.2, -0.15) is 0 Å². The van der Waals surface area contributed by atoms with Gasteiger partial charge in [0.15, 0.2) is 0 Å². The van der Waals surface area contributed by atoms with Crippen LogP contribution in [0.1, 0.15) is 18.5 Å². The van der Waals surface area contributed by atoms with E-state index in [1.54, 1.807) is 11.9 Å². The smallest absolute Gasteiger partial charge is 0.249 e. The van der Waals surface area contributed by atoms with Crippen molar-refractivity contribution in [2.75, 3.05) is 25.0 Å². The van der Waals surface area contributed by atoms with Crippen LogP contribution in [0.3, 0.4) is 0 Å². The van der Waals surface area contributed by atoms with Crippen molar-refractivity contribution in [3.8, 4) is 0 Å². The molecule has 0 fully saturated rings. The van der Waals surface area contributed by atoms with Crippen molar-refractivity contribution in [3.63, 3.8) is 0 Å². The summed E-state index contributed by atoms with van der Waals surface area (Å²) in [5.41, 5.74) is 7.38. The first kappa shape index (κ1) is 14.0. The summed E-state index contributed by atoms with van der Waals surface area (Å²) < 4.78 is 0.796. The fourth-order valence-electron chi connectivity index (χ4n) is 2.07. The summed E-state index contributed by atoms with van der Waals surface area (Å²) >= 11 is 3.40. The SMILES string of the molecule is CCN(C)C(=O)CN1C(=O)C(N)c2c(Br)cccc21. The first-order chi connectivity index (χ1) is 8.97. The highest BCUT2D eigenvalue weighted by Gasteiger charge is 2.37. The van der Waals surface area contributed by atoms with Crippen LogP contribution >= 0.6 is 15.9 Å². The summed E-state index contributed by atoms with van der Waals surface area (Å²) in [4.78, 5) is 27.2. The van der Waals surface area contributed by atoms with Crippen LogP contribution in [0.25, 0.3) is 0 Å². The van der Waals surface area contributed by atoms with Crippen LogP contribution in [0.15, 0.2) is 22.7 Å². The molecule has 1 atom stereocenters. The second-order valence-corrected chi connectivity index (χ2v) is 5.34. The molecular formula is C13H16BrN3O2. The molecule has 0 aliphatic carbocycles. The first-order valence-electron chi connectivity index (χ1n) is 6.06. The molecule has 0 aromatic heterocycles. The molecule has 0 saturated carbocycles. The standard InChI is InChI=1S/C13H16BrN3O2/c1-3-16(2)10(18)7-17-9-6-4-5-8(14)11(9)12(15)13(17)19/h4-6,12H,3,7,15H2,1-2H3. The van der Waals surface area contributed by atoms with Crippen LogP contribution in [0.4, 0.5) is 5.69 Å². The molecule has 2 N–H and O–H groups in total. The highest BCUT2D eigenvalue weighted by Crippen LogP contribution is 2.39. The van der Waals surface area contributed by atoms with E-state index in [2.05, 4.69) is 15.9 Å². The van der Waals surface area contributed by atoms with Crippen LogP contribution in [0.5, 0.6) is 0 Å². The van der Waals surface area contributed by atoms with Gasteiger partial charge in [-0.1, -0.05) is 22.0 Å². The van der Waals surface area contributed by atoms with Gasteiger partial charge < -0.3 is 15.5 Å². The van der Waals surface area contributed by atoms with Gasteiger partial charge in [0.05, 0.1) is 5.69 Å². The molecule has 6 heteroatoms. The van der Waals surface area contributed by atoms with Crippen LogP contribution in [-0.2, 0) is 9.59 Å². The number of carbonyl (C=O) groups excluding carboxylic acids is 2. The van der Waals surface area contributed by atoms with Gasteiger partial charge in [-0.15, -0.1) is 0 Å². The molecule has 0 saturated heterocycles. The Labute approximate surface area is 120 Å². The molecule has 0 spiro atoms. The summed E-state index contributed by atoms with van der Waals surface area (Å²) in [5.74, 6) is -0.337. The minimum absolute atomic E-state index is 0.0281. The number of fused-ring (bicyclic) bond motifs is 1. The van der Waals surface area contributed by atoms with E-state index in [1.807, 2.05) is 25.1 Å². The monoisotopic (exact) mass is 325 g/mol. The summed E-state index contributed by atoms with van der Waals surface area (Å²) in [5, 5.41) is 0. The van der Waals surface area contributed by atoms with Crippen molar-refractivity contribution in [1.29, 1.82) is 0 Å². The molecule has 0 radical (unpaired) electrons. The van der Waals surface area contributed by atoms with Gasteiger partial charge in [-0.25, -0.2) is 0 Å². The van der Waals surface area contributed by atoms with Crippen LogP contribution < -0.4 is 10.6 Å². The second kappa shape index (κ2) is 5.30. The molecule has 1 aromatic rings. The molecule has 1 aromatic carbocycles. The van der Waals surface area contributed by atoms with Gasteiger partial charge in [0.2, 0.25) is 11.8 Å². The number of benzene rings is 1. The quantitative estimate of drug-likeness (QED) is 0.910. The number of likely N-dealkylation sites (N-methyl/N-ethyl adjacent to an activating group) is 1. The fourth-order valence-corrected chi connectivity index (χ4v) is 2.68. The Hall–Kier alpha value is -1.40. The Balaban J connectivity index is 2.32. The predicted molar refractivity (Wildman–Crippen MR) is 76.7 cm³/mol. The van der Waals surface area contributed by atoms with Gasteiger partial charge in [0.1, 0.15) is 12.6 Å². The summed E-state index contributed by atoms with van der Waals surface area (Å²) in [6.45, 7) is 2.53. The highest BCUT2D eigenvalue weighted by atomic mass is 79.9. The van der Waals surface area contributed by atoms with E-state index < -0.39 is 6.04 Å². The Morgan fingerprint density at radius 2 is 2.21 bits per heavy atom. The zero-order valence-corrected chi connectivity index (χ0v) is 12.5. The number of nitrogens with two attached hydrogens (primary N) is 1. The summed E-state index contributed by atoms with van der Waals surface area (Å²) in [6, 6.07) is 4.78. The highest BCUT2D eigenvalue weighted by molar-refractivity contribution is 9.10. The maximum absolute atomic E-state index is 12.2. The molecule has 5 nitrogen and oxygen atoms in total. The molecule has 2 amide bonds. The largest absolute Gasteiger partial charge is 0.344 e. The number of carbonyl (C=O) groups is 2. The van der Waals surface area contributed by atoms with Crippen molar-refractivity contribution in [3.05, 3.63) is 28.2 Å². The normalized spacial score (nSPS) is 17.6. The van der Waals surface area contributed by atoms with Crippen molar-refractivity contribution in [1.82, 2.24) is 4.90 Å². The number of hydrogen-bond donors (Lipinski definition) is 1. The molecule has 19 heavy (non-hydrogen) atoms. The van der Waals surface area contributed by atoms with Crippen LogP contribution in [-0.4, -0.2) is 36.9 Å². The Bertz CT molecular complexity index is 533. The predicted octanol–water partition coefficient (Wildman–Crippen LogP) is 1.27. The first-order valence-corrected chi connectivity index (χ1v) is 6.86. The fraction of sp³-hybridized carbons (Fsp3) is 0.385. The van der Waals surface area contributed by atoms with Crippen LogP contribution in [0.2, 0.25) is 0 Å². The maximum Gasteiger partial charge on any atom is 0.249 e. The third-order valence-electron chi connectivity index (χ3n) is 3.36. The molecular weight excluding hydrogens is 310 g/mol. The number of rotatable bonds is 3. The third-order valence-corrected chi connectivity index (χ3v) is 4.05. The van der Waals surface area contributed by atoms with E-state index in [4.69, 9.17) is 5.73 Å². The molecule has 0 bridgehead atoms. The van der Waals surface area contributed by atoms with Gasteiger partial charge in [-0.3, -0.25) is 9.59 Å². The molecule has 2 rings (SSSR count). The van der Waals surface area contributed by atoms with Gasteiger partial charge in [0, 0.05) is 23.6 Å². The molecule has 102 valence electrons. The van der Waals surface area contributed by atoms with E-state index in [-0.39, 0.29) is 18.4 Å². The number of halogens is 1. The lowest BCUT2D eigenvalue weighted by molar-refractivity contribution is -0.130. The minimum Gasteiger partial charge on any atom is -0.344 e. The molecule has 1 heterocycles. The molecule has 1 unspecified atom stereocenters. The average Bonchev–Trinajstić information content (AvgIpc) is 2.64. The van der Waals surface area contributed by atoms with Crippen LogP contribution in [0, 0.1) is 0 Å². The van der Waals surface area contributed by atoms with E-state index in [1.165, 1.54) is 4.90 Å². The van der Waals surface area contributed by atoms with E-state index in [9.17, 15) is 9.59 Å². The number of nitrogens with zero attached hydrogens (tertiary/aromatic N) is 2. The summed E-state index contributed by atoms with van der Waals surface area (Å²) in [7, 11) is 1.71. The zero-order valence-electron chi connectivity index (χ0n) is 10.9. The van der Waals surface area contributed by atoms with Gasteiger partial charge >= 0.3 is 0 Å². The number of amides is 2.